The van der Waals surface area contributed by atoms with Crippen LogP contribution in [0.2, 0.25) is 0 Å². The molecule has 0 saturated heterocycles. The van der Waals surface area contributed by atoms with E-state index >= 15 is 0 Å². The van der Waals surface area contributed by atoms with E-state index in [0.717, 1.165) is 0 Å². The number of ether oxygens (including phenoxy) is 1. The third-order valence-corrected chi connectivity index (χ3v) is 2.07. The lowest BCUT2D eigenvalue weighted by Gasteiger charge is -2.14. The normalized spacial score (nSPS) is 13.1. The van der Waals surface area contributed by atoms with Gasteiger partial charge in [-0.2, -0.15) is 13.2 Å². The summed E-state index contributed by atoms with van der Waals surface area (Å²) in [5.41, 5.74) is -0.673. The first-order valence-electron chi connectivity index (χ1n) is 5.42. The van der Waals surface area contributed by atoms with Crippen molar-refractivity contribution in [2.45, 2.75) is 19.1 Å². The molecule has 1 aromatic heterocycles. The Kier molecular flexibility index (Phi) is 5.11. The van der Waals surface area contributed by atoms with Crippen LogP contribution in [0.1, 0.15) is 17.3 Å². The van der Waals surface area contributed by atoms with Gasteiger partial charge in [0.05, 0.1) is 6.61 Å². The summed E-state index contributed by atoms with van der Waals surface area (Å²) in [5.74, 6) is -0.662. The summed E-state index contributed by atoms with van der Waals surface area (Å²) in [4.78, 5) is 25.2. The summed E-state index contributed by atoms with van der Waals surface area (Å²) in [6, 6.07) is 2.15. The fourth-order valence-electron chi connectivity index (χ4n) is 1.30. The van der Waals surface area contributed by atoms with Crippen molar-refractivity contribution in [2.24, 2.45) is 0 Å². The highest BCUT2D eigenvalue weighted by molar-refractivity contribution is 5.93. The molecule has 8 heteroatoms. The number of alkyl halides is 3. The summed E-state index contributed by atoms with van der Waals surface area (Å²) in [5, 5.41) is 2.37. The van der Waals surface area contributed by atoms with Crippen LogP contribution in [0, 0.1) is 0 Å². The molecule has 0 aliphatic carbocycles. The van der Waals surface area contributed by atoms with Crippen molar-refractivity contribution in [3.8, 4) is 0 Å². The van der Waals surface area contributed by atoms with Gasteiger partial charge in [0.15, 0.2) is 0 Å². The van der Waals surface area contributed by atoms with Crippen LogP contribution in [0.4, 0.5) is 13.2 Å². The van der Waals surface area contributed by atoms with Crippen LogP contribution < -0.4 is 10.9 Å². The molecule has 1 aromatic rings. The van der Waals surface area contributed by atoms with Crippen molar-refractivity contribution in [2.75, 3.05) is 13.2 Å². The number of hydrogen-bond acceptors (Lipinski definition) is 3. The van der Waals surface area contributed by atoms with Crippen LogP contribution in [-0.2, 0) is 4.74 Å². The van der Waals surface area contributed by atoms with Crippen molar-refractivity contribution in [3.05, 3.63) is 34.2 Å². The first-order valence-corrected chi connectivity index (χ1v) is 5.42. The number of nitrogens with one attached hydrogen (secondary N) is 2. The molecular formula is C11H13F3N2O3. The number of rotatable bonds is 5. The zero-order chi connectivity index (χ0) is 14.5. The standard InChI is InChI=1S/C11H13F3N2O3/c1-7(5-19-6-11(12,13)14)16-10(18)8-3-2-4-15-9(8)17/h2-4,7H,5-6H2,1H3,(H,15,17)(H,16,18). The number of aromatic nitrogens is 1. The molecule has 1 rings (SSSR count). The first kappa shape index (κ1) is 15.2. The van der Waals surface area contributed by atoms with Gasteiger partial charge in [-0.15, -0.1) is 0 Å². The summed E-state index contributed by atoms with van der Waals surface area (Å²) in [7, 11) is 0. The van der Waals surface area contributed by atoms with E-state index in [1.165, 1.54) is 25.3 Å². The lowest BCUT2D eigenvalue weighted by Crippen LogP contribution is -2.39. The Bertz CT molecular complexity index is 485. The predicted molar refractivity (Wildman–Crippen MR) is 60.9 cm³/mol. The van der Waals surface area contributed by atoms with Gasteiger partial charge in [0, 0.05) is 12.2 Å². The number of hydrogen-bond donors (Lipinski definition) is 2. The lowest BCUT2D eigenvalue weighted by atomic mass is 10.2. The first-order chi connectivity index (χ1) is 8.79. The van der Waals surface area contributed by atoms with Crippen molar-refractivity contribution >= 4 is 5.91 Å². The molecule has 0 spiro atoms. The van der Waals surface area contributed by atoms with E-state index in [4.69, 9.17) is 0 Å². The Hall–Kier alpha value is -1.83. The third kappa shape index (κ3) is 5.56. The molecular weight excluding hydrogens is 265 g/mol. The summed E-state index contributed by atoms with van der Waals surface area (Å²) >= 11 is 0. The number of halogens is 3. The minimum absolute atomic E-state index is 0.106. The van der Waals surface area contributed by atoms with Gasteiger partial charge in [-0.25, -0.2) is 0 Å². The van der Waals surface area contributed by atoms with E-state index in [2.05, 4.69) is 15.0 Å². The van der Waals surface area contributed by atoms with Crippen LogP contribution in [0.3, 0.4) is 0 Å². The Labute approximate surface area is 106 Å². The quantitative estimate of drug-likeness (QED) is 0.846. The van der Waals surface area contributed by atoms with E-state index in [1.807, 2.05) is 0 Å². The maximum absolute atomic E-state index is 11.8. The van der Waals surface area contributed by atoms with E-state index in [1.54, 1.807) is 0 Å². The van der Waals surface area contributed by atoms with Gasteiger partial charge in [-0.05, 0) is 19.1 Å². The molecule has 0 radical (unpaired) electrons. The topological polar surface area (TPSA) is 71.2 Å². The van der Waals surface area contributed by atoms with Gasteiger partial charge < -0.3 is 15.0 Å². The Balaban J connectivity index is 2.45. The molecule has 106 valence electrons. The summed E-state index contributed by atoms with van der Waals surface area (Å²) in [6.07, 6.45) is -3.03. The maximum Gasteiger partial charge on any atom is 0.411 e. The number of carbonyl (C=O) groups is 1. The maximum atomic E-state index is 11.8. The average Bonchev–Trinajstić information content (AvgIpc) is 2.27. The minimum atomic E-state index is -4.40. The summed E-state index contributed by atoms with van der Waals surface area (Å²) < 4.78 is 39.9. The molecule has 5 nitrogen and oxygen atoms in total. The predicted octanol–water partition coefficient (Wildman–Crippen LogP) is 1.07. The average molecular weight is 278 g/mol. The highest BCUT2D eigenvalue weighted by Gasteiger charge is 2.27. The Morgan fingerprint density at radius 1 is 1.53 bits per heavy atom. The van der Waals surface area contributed by atoms with Gasteiger partial charge in [-0.3, -0.25) is 9.59 Å². The fraction of sp³-hybridized carbons (Fsp3) is 0.455. The molecule has 1 amide bonds. The van der Waals surface area contributed by atoms with Gasteiger partial charge in [0.1, 0.15) is 12.2 Å². The summed E-state index contributed by atoms with van der Waals surface area (Å²) in [6.45, 7) is -0.194. The largest absolute Gasteiger partial charge is 0.411 e. The molecule has 1 heterocycles. The lowest BCUT2D eigenvalue weighted by molar-refractivity contribution is -0.174. The van der Waals surface area contributed by atoms with Gasteiger partial charge in [0.2, 0.25) is 0 Å². The second kappa shape index (κ2) is 6.37. The van der Waals surface area contributed by atoms with Crippen LogP contribution >= 0.6 is 0 Å². The molecule has 19 heavy (non-hydrogen) atoms. The SMILES string of the molecule is CC(COCC(F)(F)F)NC(=O)c1ccc[nH]c1=O. The molecule has 0 bridgehead atoms. The second-order valence-corrected chi connectivity index (χ2v) is 3.92. The number of aromatic amines is 1. The third-order valence-electron chi connectivity index (χ3n) is 2.07. The van der Waals surface area contributed by atoms with E-state index in [9.17, 15) is 22.8 Å². The van der Waals surface area contributed by atoms with Gasteiger partial charge in [-0.1, -0.05) is 0 Å². The van der Waals surface area contributed by atoms with E-state index < -0.39 is 30.3 Å². The number of pyridine rings is 1. The second-order valence-electron chi connectivity index (χ2n) is 3.92. The van der Waals surface area contributed by atoms with Crippen molar-refractivity contribution in [3.63, 3.8) is 0 Å². The van der Waals surface area contributed by atoms with Crippen molar-refractivity contribution < 1.29 is 22.7 Å². The molecule has 0 fully saturated rings. The number of H-pyrrole nitrogens is 1. The zero-order valence-corrected chi connectivity index (χ0v) is 10.1. The van der Waals surface area contributed by atoms with E-state index in [0.29, 0.717) is 0 Å². The number of carbonyl (C=O) groups excluding carboxylic acids is 1. The van der Waals surface area contributed by atoms with Crippen molar-refractivity contribution in [1.29, 1.82) is 0 Å². The molecule has 1 unspecified atom stereocenters. The van der Waals surface area contributed by atoms with E-state index in [-0.39, 0.29) is 12.2 Å². The van der Waals surface area contributed by atoms with Crippen LogP contribution in [-0.4, -0.2) is 36.3 Å². The zero-order valence-electron chi connectivity index (χ0n) is 10.1. The smallest absolute Gasteiger partial charge is 0.370 e. The van der Waals surface area contributed by atoms with Crippen molar-refractivity contribution in [1.82, 2.24) is 10.3 Å². The molecule has 0 aliphatic heterocycles. The monoisotopic (exact) mass is 278 g/mol. The van der Waals surface area contributed by atoms with Gasteiger partial charge in [0.25, 0.3) is 11.5 Å². The minimum Gasteiger partial charge on any atom is -0.370 e. The van der Waals surface area contributed by atoms with Crippen LogP contribution in [0.15, 0.2) is 23.1 Å². The molecule has 0 saturated carbocycles. The Morgan fingerprint density at radius 2 is 2.21 bits per heavy atom. The molecule has 0 aromatic carbocycles. The van der Waals surface area contributed by atoms with Crippen LogP contribution in [0.25, 0.3) is 0 Å². The molecule has 0 aliphatic rings. The highest BCUT2D eigenvalue weighted by Crippen LogP contribution is 2.14. The Morgan fingerprint density at radius 3 is 2.79 bits per heavy atom. The molecule has 2 N–H and O–H groups in total. The van der Waals surface area contributed by atoms with Gasteiger partial charge >= 0.3 is 6.18 Å². The highest BCUT2D eigenvalue weighted by atomic mass is 19.4. The molecule has 1 atom stereocenters. The fourth-order valence-corrected chi connectivity index (χ4v) is 1.30. The number of amides is 1. The van der Waals surface area contributed by atoms with Crippen LogP contribution in [0.5, 0.6) is 0 Å².